The largest absolute Gasteiger partial charge is 0.395 e. The zero-order valence-electron chi connectivity index (χ0n) is 6.96. The highest BCUT2D eigenvalue weighted by molar-refractivity contribution is 9.11. The van der Waals surface area contributed by atoms with Crippen molar-refractivity contribution >= 4 is 27.3 Å². The molecule has 0 saturated carbocycles. The van der Waals surface area contributed by atoms with Gasteiger partial charge in [-0.2, -0.15) is 0 Å². The highest BCUT2D eigenvalue weighted by Gasteiger charge is 2.01. The van der Waals surface area contributed by atoms with E-state index in [0.717, 1.165) is 16.9 Å². The summed E-state index contributed by atoms with van der Waals surface area (Å²) < 4.78 is 1.16. The fourth-order valence-electron chi connectivity index (χ4n) is 0.953. The second-order valence-electron chi connectivity index (χ2n) is 2.67. The summed E-state index contributed by atoms with van der Waals surface area (Å²) >= 11 is 5.15. The summed E-state index contributed by atoms with van der Waals surface area (Å²) in [5.74, 6) is 0. The molecule has 0 unspecified atom stereocenters. The van der Waals surface area contributed by atoms with Gasteiger partial charge in [-0.25, -0.2) is 0 Å². The molecule has 68 valence electrons. The second kappa shape index (κ2) is 4.97. The van der Waals surface area contributed by atoms with Crippen LogP contribution in [0.5, 0.6) is 0 Å². The lowest BCUT2D eigenvalue weighted by Gasteiger charge is -2.12. The van der Waals surface area contributed by atoms with Crippen molar-refractivity contribution in [1.29, 1.82) is 0 Å². The number of aliphatic hydroxyl groups excluding tert-OH is 1. The zero-order valence-corrected chi connectivity index (χ0v) is 9.36. The zero-order chi connectivity index (χ0) is 8.97. The van der Waals surface area contributed by atoms with Crippen molar-refractivity contribution in [2.45, 2.75) is 6.54 Å². The molecule has 0 spiro atoms. The molecule has 0 aliphatic heterocycles. The van der Waals surface area contributed by atoms with E-state index >= 15 is 0 Å². The van der Waals surface area contributed by atoms with Crippen molar-refractivity contribution in [3.63, 3.8) is 0 Å². The van der Waals surface area contributed by atoms with Gasteiger partial charge in [0.1, 0.15) is 0 Å². The van der Waals surface area contributed by atoms with Crippen LogP contribution in [0, 0.1) is 0 Å². The Morgan fingerprint density at radius 3 is 2.83 bits per heavy atom. The number of nitrogens with zero attached hydrogens (tertiary/aromatic N) is 1. The summed E-state index contributed by atoms with van der Waals surface area (Å²) in [4.78, 5) is 3.41. The van der Waals surface area contributed by atoms with Gasteiger partial charge in [0.15, 0.2) is 0 Å². The third kappa shape index (κ3) is 3.23. The van der Waals surface area contributed by atoms with Crippen LogP contribution in [0.1, 0.15) is 4.88 Å². The van der Waals surface area contributed by atoms with Gasteiger partial charge in [-0.05, 0) is 35.1 Å². The van der Waals surface area contributed by atoms with E-state index in [4.69, 9.17) is 5.11 Å². The van der Waals surface area contributed by atoms with Crippen LogP contribution in [0.3, 0.4) is 0 Å². The molecule has 4 heteroatoms. The van der Waals surface area contributed by atoms with Crippen molar-refractivity contribution < 1.29 is 5.11 Å². The van der Waals surface area contributed by atoms with E-state index in [1.807, 2.05) is 13.1 Å². The quantitative estimate of drug-likeness (QED) is 0.882. The van der Waals surface area contributed by atoms with Crippen molar-refractivity contribution in [2.24, 2.45) is 0 Å². The van der Waals surface area contributed by atoms with Gasteiger partial charge in [0.05, 0.1) is 10.4 Å². The third-order valence-electron chi connectivity index (χ3n) is 1.54. The van der Waals surface area contributed by atoms with Crippen molar-refractivity contribution in [3.05, 3.63) is 20.8 Å². The molecule has 0 aromatic carbocycles. The Morgan fingerprint density at radius 2 is 2.33 bits per heavy atom. The normalized spacial score (nSPS) is 11.0. The topological polar surface area (TPSA) is 23.5 Å². The Bertz CT molecular complexity index is 239. The summed E-state index contributed by atoms with van der Waals surface area (Å²) in [7, 11) is 2.00. The highest BCUT2D eigenvalue weighted by Crippen LogP contribution is 2.22. The first-order valence-electron chi connectivity index (χ1n) is 3.76. The lowest BCUT2D eigenvalue weighted by Crippen LogP contribution is -2.20. The average molecular weight is 250 g/mol. The molecule has 0 atom stereocenters. The molecule has 0 amide bonds. The van der Waals surface area contributed by atoms with Crippen molar-refractivity contribution in [1.82, 2.24) is 4.90 Å². The molecule has 12 heavy (non-hydrogen) atoms. The number of hydrogen-bond donors (Lipinski definition) is 1. The van der Waals surface area contributed by atoms with E-state index in [0.29, 0.717) is 0 Å². The van der Waals surface area contributed by atoms with Gasteiger partial charge in [0.2, 0.25) is 0 Å². The van der Waals surface area contributed by atoms with Gasteiger partial charge in [0, 0.05) is 18.0 Å². The Kier molecular flexibility index (Phi) is 4.21. The fraction of sp³-hybridized carbons (Fsp3) is 0.500. The summed E-state index contributed by atoms with van der Waals surface area (Å²) in [5, 5.41) is 8.67. The maximum atomic E-state index is 8.67. The molecular weight excluding hydrogens is 238 g/mol. The predicted molar refractivity (Wildman–Crippen MR) is 55.4 cm³/mol. The van der Waals surface area contributed by atoms with Crippen LogP contribution in [0.15, 0.2) is 15.9 Å². The Morgan fingerprint density at radius 1 is 1.58 bits per heavy atom. The van der Waals surface area contributed by atoms with Gasteiger partial charge in [-0.1, -0.05) is 0 Å². The Labute approximate surface area is 85.0 Å². The van der Waals surface area contributed by atoms with Crippen LogP contribution < -0.4 is 0 Å². The summed E-state index contributed by atoms with van der Waals surface area (Å²) in [6.45, 7) is 1.87. The highest BCUT2D eigenvalue weighted by atomic mass is 79.9. The van der Waals surface area contributed by atoms with E-state index in [9.17, 15) is 0 Å². The third-order valence-corrected chi connectivity index (χ3v) is 3.14. The van der Waals surface area contributed by atoms with Crippen LogP contribution in [-0.4, -0.2) is 30.2 Å². The summed E-state index contributed by atoms with van der Waals surface area (Å²) in [5.41, 5.74) is 0. The number of aliphatic hydroxyl groups is 1. The van der Waals surface area contributed by atoms with E-state index < -0.39 is 0 Å². The van der Waals surface area contributed by atoms with Crippen LogP contribution in [0.25, 0.3) is 0 Å². The SMILES string of the molecule is CN(CCO)Cc1ccc(Br)s1. The number of likely N-dealkylation sites (N-methyl/N-ethyl adjacent to an activating group) is 1. The first-order chi connectivity index (χ1) is 5.72. The summed E-state index contributed by atoms with van der Waals surface area (Å²) in [6.07, 6.45) is 0. The molecule has 0 saturated heterocycles. The molecule has 0 aliphatic carbocycles. The minimum atomic E-state index is 0.225. The van der Waals surface area contributed by atoms with Crippen LogP contribution in [0.4, 0.5) is 0 Å². The molecule has 1 heterocycles. The van der Waals surface area contributed by atoms with Crippen LogP contribution in [0.2, 0.25) is 0 Å². The van der Waals surface area contributed by atoms with Gasteiger partial charge in [-0.3, -0.25) is 4.90 Å². The van der Waals surface area contributed by atoms with Gasteiger partial charge in [0.25, 0.3) is 0 Å². The molecular formula is C8H12BrNOS. The van der Waals surface area contributed by atoms with Crippen molar-refractivity contribution in [2.75, 3.05) is 20.2 Å². The molecule has 1 N–H and O–H groups in total. The first kappa shape index (κ1) is 10.2. The van der Waals surface area contributed by atoms with Crippen LogP contribution in [-0.2, 0) is 6.54 Å². The number of hydrogen-bond acceptors (Lipinski definition) is 3. The molecule has 0 fully saturated rings. The van der Waals surface area contributed by atoms with Crippen LogP contribution >= 0.6 is 27.3 Å². The molecule has 1 aromatic rings. The molecule has 0 bridgehead atoms. The minimum absolute atomic E-state index is 0.225. The van der Waals surface area contributed by atoms with E-state index in [-0.39, 0.29) is 6.61 Å². The molecule has 1 rings (SSSR count). The molecule has 1 aromatic heterocycles. The van der Waals surface area contributed by atoms with E-state index in [1.54, 1.807) is 11.3 Å². The summed E-state index contributed by atoms with van der Waals surface area (Å²) in [6, 6.07) is 4.15. The van der Waals surface area contributed by atoms with Gasteiger partial charge < -0.3 is 5.11 Å². The minimum Gasteiger partial charge on any atom is -0.395 e. The average Bonchev–Trinajstić information content (AvgIpc) is 2.36. The standard InChI is InChI=1S/C8H12BrNOS/c1-10(4-5-11)6-7-2-3-8(9)12-7/h2-3,11H,4-6H2,1H3. The number of thiophene rings is 1. The van der Waals surface area contributed by atoms with E-state index in [2.05, 4.69) is 26.9 Å². The lowest BCUT2D eigenvalue weighted by atomic mass is 10.4. The Balaban J connectivity index is 2.41. The molecule has 0 radical (unpaired) electrons. The van der Waals surface area contributed by atoms with E-state index in [1.165, 1.54) is 4.88 Å². The molecule has 0 aliphatic rings. The fourth-order valence-corrected chi connectivity index (χ4v) is 2.52. The predicted octanol–water partition coefficient (Wildman–Crippen LogP) is 1.93. The second-order valence-corrected chi connectivity index (χ2v) is 5.21. The lowest BCUT2D eigenvalue weighted by molar-refractivity contribution is 0.218. The van der Waals surface area contributed by atoms with Gasteiger partial charge >= 0.3 is 0 Å². The van der Waals surface area contributed by atoms with Gasteiger partial charge in [-0.15, -0.1) is 11.3 Å². The maximum absolute atomic E-state index is 8.67. The number of halogens is 1. The smallest absolute Gasteiger partial charge is 0.0701 e. The monoisotopic (exact) mass is 249 g/mol. The Hall–Kier alpha value is 0.1000. The number of rotatable bonds is 4. The first-order valence-corrected chi connectivity index (χ1v) is 5.37. The maximum Gasteiger partial charge on any atom is 0.0701 e. The molecule has 2 nitrogen and oxygen atoms in total. The van der Waals surface area contributed by atoms with Crippen molar-refractivity contribution in [3.8, 4) is 0 Å².